The largest absolute Gasteiger partial charge is 0.573 e. The molecule has 0 aliphatic rings. The van der Waals surface area contributed by atoms with E-state index >= 15 is 0 Å². The number of rotatable bonds is 3. The van der Waals surface area contributed by atoms with Crippen molar-refractivity contribution in [2.45, 2.75) is 12.3 Å². The van der Waals surface area contributed by atoms with Gasteiger partial charge in [-0.25, -0.2) is 0 Å². The third kappa shape index (κ3) is 3.68. The molecule has 0 aliphatic carbocycles. The number of benzene rings is 1. The third-order valence-corrected chi connectivity index (χ3v) is 1.85. The Morgan fingerprint density at radius 3 is 2.59 bits per heavy atom. The van der Waals surface area contributed by atoms with Crippen LogP contribution in [0, 0.1) is 11.3 Å². The Kier molecular flexibility index (Phi) is 3.93. The molecule has 2 N–H and O–H groups in total. The number of para-hydroxylation sites is 1. The molecule has 0 saturated heterocycles. The Morgan fingerprint density at radius 2 is 2.06 bits per heavy atom. The third-order valence-electron chi connectivity index (χ3n) is 1.85. The first kappa shape index (κ1) is 12.8. The van der Waals surface area contributed by atoms with Gasteiger partial charge >= 0.3 is 6.36 Å². The summed E-state index contributed by atoms with van der Waals surface area (Å²) in [6.45, 7) is 0. The number of ether oxygens (including phenoxy) is 1. The molecule has 1 aromatic carbocycles. The molecule has 0 aliphatic heterocycles. The van der Waals surface area contributed by atoms with Gasteiger partial charge in [0.2, 0.25) is 0 Å². The summed E-state index contributed by atoms with van der Waals surface area (Å²) in [5, 5.41) is 11.9. The van der Waals surface area contributed by atoms with Crippen molar-refractivity contribution < 1.29 is 17.9 Å². The fourth-order valence-corrected chi connectivity index (χ4v) is 1.22. The van der Waals surface area contributed by atoms with Crippen LogP contribution in [0.4, 0.5) is 13.2 Å². The number of hydrazone groups is 1. The summed E-state index contributed by atoms with van der Waals surface area (Å²) in [5.74, 6) is 3.45. The highest BCUT2D eigenvalue weighted by atomic mass is 19.4. The normalized spacial score (nSPS) is 13.3. The van der Waals surface area contributed by atoms with Crippen LogP contribution in [0.2, 0.25) is 0 Å². The Morgan fingerprint density at radius 1 is 1.41 bits per heavy atom. The van der Waals surface area contributed by atoms with E-state index < -0.39 is 18.0 Å². The molecule has 1 unspecified atom stereocenters. The van der Waals surface area contributed by atoms with E-state index in [1.807, 2.05) is 0 Å². The summed E-state index contributed by atoms with van der Waals surface area (Å²) in [6.07, 6.45) is -3.77. The van der Waals surface area contributed by atoms with Gasteiger partial charge < -0.3 is 10.6 Å². The molecule has 1 rings (SSSR count). The van der Waals surface area contributed by atoms with Gasteiger partial charge in [0, 0.05) is 11.8 Å². The van der Waals surface area contributed by atoms with Gasteiger partial charge in [-0.2, -0.15) is 10.4 Å². The predicted molar refractivity (Wildman–Crippen MR) is 54.2 cm³/mol. The van der Waals surface area contributed by atoms with Crippen molar-refractivity contribution in [3.63, 3.8) is 0 Å². The van der Waals surface area contributed by atoms with Gasteiger partial charge in [-0.15, -0.1) is 13.2 Å². The number of halogens is 3. The van der Waals surface area contributed by atoms with E-state index in [-0.39, 0.29) is 5.56 Å². The van der Waals surface area contributed by atoms with E-state index in [2.05, 4.69) is 9.84 Å². The first-order chi connectivity index (χ1) is 7.98. The minimum Gasteiger partial charge on any atom is -0.405 e. The van der Waals surface area contributed by atoms with Crippen molar-refractivity contribution in [1.82, 2.24) is 0 Å². The molecule has 17 heavy (non-hydrogen) atoms. The number of nitrogens with zero attached hydrogens (tertiary/aromatic N) is 2. The van der Waals surface area contributed by atoms with Crippen molar-refractivity contribution in [1.29, 1.82) is 5.26 Å². The molecule has 0 spiro atoms. The molecule has 0 saturated carbocycles. The van der Waals surface area contributed by atoms with Crippen LogP contribution in [0.15, 0.2) is 29.4 Å². The zero-order chi connectivity index (χ0) is 12.9. The van der Waals surface area contributed by atoms with Crippen LogP contribution in [0.5, 0.6) is 5.75 Å². The number of nitriles is 1. The summed E-state index contributed by atoms with van der Waals surface area (Å²) in [7, 11) is 0. The lowest BCUT2D eigenvalue weighted by Gasteiger charge is -2.13. The number of hydrogen-bond donors (Lipinski definition) is 1. The maximum atomic E-state index is 12.1. The molecule has 0 amide bonds. The molecule has 4 nitrogen and oxygen atoms in total. The average molecular weight is 243 g/mol. The molecular formula is C10H8F3N3O. The second kappa shape index (κ2) is 5.21. The molecular weight excluding hydrogens is 235 g/mol. The highest BCUT2D eigenvalue weighted by Gasteiger charge is 2.32. The van der Waals surface area contributed by atoms with Crippen molar-refractivity contribution in [2.75, 3.05) is 0 Å². The number of hydrogen-bond acceptors (Lipinski definition) is 4. The first-order valence-corrected chi connectivity index (χ1v) is 4.45. The second-order valence-corrected chi connectivity index (χ2v) is 2.99. The van der Waals surface area contributed by atoms with Crippen LogP contribution >= 0.6 is 0 Å². The van der Waals surface area contributed by atoms with E-state index in [1.165, 1.54) is 18.2 Å². The Bertz CT molecular complexity index is 451. The van der Waals surface area contributed by atoms with Gasteiger partial charge in [0.05, 0.1) is 6.07 Å². The van der Waals surface area contributed by atoms with Gasteiger partial charge in [0.1, 0.15) is 11.7 Å². The van der Waals surface area contributed by atoms with Crippen molar-refractivity contribution >= 4 is 6.21 Å². The van der Waals surface area contributed by atoms with E-state index in [0.29, 0.717) is 0 Å². The van der Waals surface area contributed by atoms with Gasteiger partial charge in [-0.3, -0.25) is 0 Å². The summed E-state index contributed by atoms with van der Waals surface area (Å²) >= 11 is 0. The minimum atomic E-state index is -4.81. The predicted octanol–water partition coefficient (Wildman–Crippen LogP) is 2.14. The fraction of sp³-hybridized carbons (Fsp3) is 0.200. The van der Waals surface area contributed by atoms with E-state index in [0.717, 1.165) is 12.3 Å². The lowest BCUT2D eigenvalue weighted by atomic mass is 10.0. The van der Waals surface area contributed by atoms with Gasteiger partial charge in [-0.05, 0) is 6.07 Å². The molecule has 1 aromatic rings. The maximum Gasteiger partial charge on any atom is 0.573 e. The van der Waals surface area contributed by atoms with E-state index in [4.69, 9.17) is 11.1 Å². The van der Waals surface area contributed by atoms with Gasteiger partial charge in [0.25, 0.3) is 0 Å². The standard InChI is InChI=1S/C10H8F3N3O/c11-10(12,13)17-9-4-2-1-3-8(9)7(5-14)6-16-15/h1-4,6-7H,15H2/b16-6+. The van der Waals surface area contributed by atoms with Crippen LogP contribution in [0.1, 0.15) is 11.5 Å². The van der Waals surface area contributed by atoms with Gasteiger partial charge in [-0.1, -0.05) is 18.2 Å². The minimum absolute atomic E-state index is 0.0570. The van der Waals surface area contributed by atoms with Crippen LogP contribution in [0.3, 0.4) is 0 Å². The first-order valence-electron chi connectivity index (χ1n) is 4.45. The van der Waals surface area contributed by atoms with Gasteiger partial charge in [0.15, 0.2) is 0 Å². The molecule has 0 radical (unpaired) electrons. The smallest absolute Gasteiger partial charge is 0.405 e. The maximum absolute atomic E-state index is 12.1. The Balaban J connectivity index is 3.11. The molecule has 0 bridgehead atoms. The summed E-state index contributed by atoms with van der Waals surface area (Å²) in [4.78, 5) is 0. The molecule has 0 fully saturated rings. The van der Waals surface area contributed by atoms with Crippen molar-refractivity contribution in [2.24, 2.45) is 10.9 Å². The Hall–Kier alpha value is -2.23. The van der Waals surface area contributed by atoms with Crippen molar-refractivity contribution in [3.05, 3.63) is 29.8 Å². The van der Waals surface area contributed by atoms with Crippen LogP contribution in [-0.2, 0) is 0 Å². The monoisotopic (exact) mass is 243 g/mol. The van der Waals surface area contributed by atoms with E-state index in [9.17, 15) is 13.2 Å². The molecule has 0 heterocycles. The number of nitrogens with two attached hydrogens (primary N) is 1. The molecule has 1 atom stereocenters. The summed E-state index contributed by atoms with van der Waals surface area (Å²) < 4.78 is 40.1. The highest BCUT2D eigenvalue weighted by Crippen LogP contribution is 2.30. The molecule has 7 heteroatoms. The lowest BCUT2D eigenvalue weighted by Crippen LogP contribution is -2.18. The van der Waals surface area contributed by atoms with Crippen molar-refractivity contribution in [3.8, 4) is 11.8 Å². The number of alkyl halides is 3. The summed E-state index contributed by atoms with van der Waals surface area (Å²) in [5.41, 5.74) is 0.0570. The van der Waals surface area contributed by atoms with E-state index in [1.54, 1.807) is 6.07 Å². The average Bonchev–Trinajstić information content (AvgIpc) is 2.25. The lowest BCUT2D eigenvalue weighted by molar-refractivity contribution is -0.274. The second-order valence-electron chi connectivity index (χ2n) is 2.99. The zero-order valence-corrected chi connectivity index (χ0v) is 8.48. The SMILES string of the molecule is N#CC(/C=N/N)c1ccccc1OC(F)(F)F. The summed E-state index contributed by atoms with van der Waals surface area (Å²) in [6, 6.07) is 7.10. The van der Waals surface area contributed by atoms with Crippen LogP contribution < -0.4 is 10.6 Å². The Labute approximate surface area is 95.1 Å². The fourth-order valence-electron chi connectivity index (χ4n) is 1.22. The molecule has 0 aromatic heterocycles. The van der Waals surface area contributed by atoms with Crippen LogP contribution in [-0.4, -0.2) is 12.6 Å². The molecule has 90 valence electrons. The van der Waals surface area contributed by atoms with Crippen LogP contribution in [0.25, 0.3) is 0 Å². The zero-order valence-electron chi connectivity index (χ0n) is 8.48. The quantitative estimate of drug-likeness (QED) is 0.502. The topological polar surface area (TPSA) is 71.4 Å². The highest BCUT2D eigenvalue weighted by molar-refractivity contribution is 5.72.